The first-order chi connectivity index (χ1) is 17.6. The molecule has 0 atom stereocenters. The van der Waals surface area contributed by atoms with Crippen LogP contribution in [0.5, 0.6) is 0 Å². The largest absolute Gasteiger partial charge is 0.324 e. The highest BCUT2D eigenvalue weighted by molar-refractivity contribution is 7.15. The van der Waals surface area contributed by atoms with Gasteiger partial charge in [-0.25, -0.2) is 15.0 Å². The first kappa shape index (κ1) is 20.9. The van der Waals surface area contributed by atoms with E-state index in [1.165, 1.54) is 4.88 Å². The Hall–Kier alpha value is -4.44. The molecule has 0 spiro atoms. The third-order valence-corrected chi connectivity index (χ3v) is 7.35. The molecule has 1 saturated carbocycles. The van der Waals surface area contributed by atoms with Gasteiger partial charge < -0.3 is 10.3 Å². The first-order valence-corrected chi connectivity index (χ1v) is 12.5. The molecule has 36 heavy (non-hydrogen) atoms. The van der Waals surface area contributed by atoms with Gasteiger partial charge in [0.25, 0.3) is 0 Å². The first-order valence-electron chi connectivity index (χ1n) is 11.6. The molecule has 6 heterocycles. The average molecular weight is 493 g/mol. The number of carbonyl (C=O) groups is 1. The van der Waals surface area contributed by atoms with E-state index in [-0.39, 0.29) is 11.8 Å². The van der Waals surface area contributed by atoms with Crippen molar-refractivity contribution in [2.24, 2.45) is 5.92 Å². The van der Waals surface area contributed by atoms with Crippen LogP contribution < -0.4 is 5.32 Å². The van der Waals surface area contributed by atoms with Gasteiger partial charge in [-0.1, -0.05) is 0 Å². The second-order valence-electron chi connectivity index (χ2n) is 8.97. The smallest absolute Gasteiger partial charge is 0.227 e. The van der Waals surface area contributed by atoms with Crippen molar-refractivity contribution in [2.45, 2.75) is 19.8 Å². The van der Waals surface area contributed by atoms with Crippen molar-refractivity contribution in [1.29, 1.82) is 0 Å². The summed E-state index contributed by atoms with van der Waals surface area (Å²) in [4.78, 5) is 36.1. The standard InChI is InChI=1S/C26H20N8OS/c1-13-2-5-20(36-13)18-6-7-28-24-21(18)31-25(32-24)22-19-9-16(11-29-23(19)34-33-22)15-8-17(12-27-10-15)30-26(35)14-3-4-14/h2,5-12,14H,3-4H2,1H3,(H,30,35)(H,28,31,32)(H,29,33,34). The fourth-order valence-corrected chi connectivity index (χ4v) is 5.19. The highest BCUT2D eigenvalue weighted by Crippen LogP contribution is 2.35. The summed E-state index contributed by atoms with van der Waals surface area (Å²) in [5, 5.41) is 11.3. The molecule has 0 aromatic carbocycles. The van der Waals surface area contributed by atoms with E-state index in [1.807, 2.05) is 18.2 Å². The third kappa shape index (κ3) is 3.62. The maximum absolute atomic E-state index is 12.2. The molecule has 0 saturated heterocycles. The number of imidazole rings is 1. The van der Waals surface area contributed by atoms with E-state index in [0.717, 1.165) is 45.3 Å². The van der Waals surface area contributed by atoms with Gasteiger partial charge in [0.2, 0.25) is 5.91 Å². The summed E-state index contributed by atoms with van der Waals surface area (Å²) in [6, 6.07) is 10.1. The second-order valence-corrected chi connectivity index (χ2v) is 10.3. The third-order valence-electron chi connectivity index (χ3n) is 6.32. The van der Waals surface area contributed by atoms with E-state index in [2.05, 4.69) is 54.5 Å². The van der Waals surface area contributed by atoms with Crippen LogP contribution in [0.1, 0.15) is 17.7 Å². The zero-order valence-corrected chi connectivity index (χ0v) is 20.1. The minimum atomic E-state index is 0.0511. The maximum Gasteiger partial charge on any atom is 0.227 e. The molecule has 7 rings (SSSR count). The number of aromatic nitrogens is 7. The normalized spacial score (nSPS) is 13.5. The van der Waals surface area contributed by atoms with Crippen LogP contribution in [-0.2, 0) is 4.79 Å². The molecule has 1 aliphatic carbocycles. The van der Waals surface area contributed by atoms with E-state index in [4.69, 9.17) is 4.98 Å². The topological polar surface area (TPSA) is 125 Å². The maximum atomic E-state index is 12.2. The number of pyridine rings is 3. The summed E-state index contributed by atoms with van der Waals surface area (Å²) < 4.78 is 0. The predicted molar refractivity (Wildman–Crippen MR) is 139 cm³/mol. The van der Waals surface area contributed by atoms with Gasteiger partial charge in [-0.15, -0.1) is 11.3 Å². The van der Waals surface area contributed by atoms with Crippen molar-refractivity contribution in [1.82, 2.24) is 35.1 Å². The molecular weight excluding hydrogens is 472 g/mol. The molecule has 6 aromatic rings. The molecule has 6 aromatic heterocycles. The zero-order chi connectivity index (χ0) is 24.2. The molecular formula is C26H20N8OS. The second kappa shape index (κ2) is 8.06. The lowest BCUT2D eigenvalue weighted by molar-refractivity contribution is -0.117. The Morgan fingerprint density at radius 3 is 2.78 bits per heavy atom. The van der Waals surface area contributed by atoms with Gasteiger partial charge in [0.05, 0.1) is 17.3 Å². The number of nitrogens with one attached hydrogen (secondary N) is 3. The lowest BCUT2D eigenvalue weighted by atomic mass is 10.1. The number of anilines is 1. The molecule has 0 bridgehead atoms. The summed E-state index contributed by atoms with van der Waals surface area (Å²) in [5.74, 6) is 0.796. The highest BCUT2D eigenvalue weighted by atomic mass is 32.1. The van der Waals surface area contributed by atoms with Gasteiger partial charge in [0, 0.05) is 51.0 Å². The number of rotatable bonds is 5. The molecule has 10 heteroatoms. The molecule has 0 unspecified atom stereocenters. The number of hydrogen-bond acceptors (Lipinski definition) is 7. The van der Waals surface area contributed by atoms with Crippen LogP contribution in [0.4, 0.5) is 5.69 Å². The van der Waals surface area contributed by atoms with E-state index >= 15 is 0 Å². The minimum Gasteiger partial charge on any atom is -0.324 e. The van der Waals surface area contributed by atoms with Gasteiger partial charge in [0.1, 0.15) is 11.2 Å². The van der Waals surface area contributed by atoms with Crippen LogP contribution >= 0.6 is 11.3 Å². The monoisotopic (exact) mass is 492 g/mol. The van der Waals surface area contributed by atoms with Crippen LogP contribution in [0, 0.1) is 12.8 Å². The van der Waals surface area contributed by atoms with Crippen LogP contribution in [0.3, 0.4) is 0 Å². The number of nitrogens with zero attached hydrogens (tertiary/aromatic N) is 5. The summed E-state index contributed by atoms with van der Waals surface area (Å²) >= 11 is 1.73. The number of H-pyrrole nitrogens is 2. The average Bonchev–Trinajstić information content (AvgIpc) is 3.30. The Balaban J connectivity index is 1.28. The number of aryl methyl sites for hydroxylation is 1. The number of aromatic amines is 2. The number of fused-ring (bicyclic) bond motifs is 2. The lowest BCUT2D eigenvalue weighted by Crippen LogP contribution is -2.13. The van der Waals surface area contributed by atoms with Gasteiger partial charge >= 0.3 is 0 Å². The Morgan fingerprint density at radius 2 is 1.94 bits per heavy atom. The fourth-order valence-electron chi connectivity index (χ4n) is 4.30. The van der Waals surface area contributed by atoms with Crippen LogP contribution in [0.2, 0.25) is 0 Å². The quantitative estimate of drug-likeness (QED) is 0.298. The van der Waals surface area contributed by atoms with Gasteiger partial charge in [0.15, 0.2) is 17.1 Å². The number of hydrogen-bond donors (Lipinski definition) is 3. The van der Waals surface area contributed by atoms with Gasteiger partial charge in [-0.05, 0) is 50.1 Å². The van der Waals surface area contributed by atoms with E-state index in [0.29, 0.717) is 28.5 Å². The van der Waals surface area contributed by atoms with Crippen molar-refractivity contribution >= 4 is 45.1 Å². The van der Waals surface area contributed by atoms with Crippen LogP contribution in [0.25, 0.3) is 55.3 Å². The highest BCUT2D eigenvalue weighted by Gasteiger charge is 2.29. The zero-order valence-electron chi connectivity index (χ0n) is 19.2. The predicted octanol–water partition coefficient (Wildman–Crippen LogP) is 5.34. The summed E-state index contributed by atoms with van der Waals surface area (Å²) in [7, 11) is 0. The van der Waals surface area contributed by atoms with Crippen molar-refractivity contribution in [2.75, 3.05) is 5.32 Å². The Labute approximate surface area is 209 Å². The SMILES string of the molecule is Cc1ccc(-c2ccnc3[nH]c(-c4n[nH]c5ncc(-c6cncc(NC(=O)C7CC7)c6)cc45)nc23)s1. The van der Waals surface area contributed by atoms with Crippen LogP contribution in [0.15, 0.2) is 55.1 Å². The Kier molecular flexibility index (Phi) is 4.68. The minimum absolute atomic E-state index is 0.0511. The lowest BCUT2D eigenvalue weighted by Gasteiger charge is -2.06. The molecule has 1 amide bonds. The molecule has 0 aliphatic heterocycles. The number of carbonyl (C=O) groups excluding carboxylic acids is 1. The number of thiophene rings is 1. The molecule has 176 valence electrons. The van der Waals surface area contributed by atoms with Gasteiger partial charge in [-0.2, -0.15) is 5.10 Å². The van der Waals surface area contributed by atoms with Gasteiger partial charge in [-0.3, -0.25) is 14.9 Å². The van der Waals surface area contributed by atoms with E-state index in [1.54, 1.807) is 36.1 Å². The molecule has 0 radical (unpaired) electrons. The molecule has 1 fully saturated rings. The fraction of sp³-hybridized carbons (Fsp3) is 0.154. The molecule has 9 nitrogen and oxygen atoms in total. The summed E-state index contributed by atoms with van der Waals surface area (Å²) in [5.41, 5.74) is 6.26. The van der Waals surface area contributed by atoms with Crippen molar-refractivity contribution in [3.8, 4) is 33.1 Å². The Morgan fingerprint density at radius 1 is 1.06 bits per heavy atom. The summed E-state index contributed by atoms with van der Waals surface area (Å²) in [6.45, 7) is 2.09. The van der Waals surface area contributed by atoms with Crippen LogP contribution in [-0.4, -0.2) is 41.0 Å². The number of amides is 1. The summed E-state index contributed by atoms with van der Waals surface area (Å²) in [6.07, 6.45) is 8.89. The van der Waals surface area contributed by atoms with E-state index < -0.39 is 0 Å². The van der Waals surface area contributed by atoms with Crippen molar-refractivity contribution in [3.63, 3.8) is 0 Å². The van der Waals surface area contributed by atoms with Crippen molar-refractivity contribution < 1.29 is 4.79 Å². The van der Waals surface area contributed by atoms with E-state index in [9.17, 15) is 4.79 Å². The molecule has 1 aliphatic rings. The van der Waals surface area contributed by atoms with Crippen molar-refractivity contribution in [3.05, 3.63) is 60.0 Å². The molecule has 3 N–H and O–H groups in total. The Bertz CT molecular complexity index is 1780.